The van der Waals surface area contributed by atoms with Crippen LogP contribution in [-0.2, 0) is 27.0 Å². The summed E-state index contributed by atoms with van der Waals surface area (Å²) in [5, 5.41) is 29.0. The lowest BCUT2D eigenvalue weighted by Gasteiger charge is -2.45. The van der Waals surface area contributed by atoms with Crippen molar-refractivity contribution in [2.45, 2.75) is 50.3 Å². The van der Waals surface area contributed by atoms with Crippen LogP contribution >= 0.6 is 0 Å². The molecular formula is C46H47N4O6+. The van der Waals surface area contributed by atoms with E-state index in [0.717, 1.165) is 28.1 Å². The van der Waals surface area contributed by atoms with E-state index in [2.05, 4.69) is 5.32 Å². The van der Waals surface area contributed by atoms with Crippen LogP contribution in [0.1, 0.15) is 54.1 Å². The van der Waals surface area contributed by atoms with Crippen molar-refractivity contribution in [2.75, 3.05) is 14.1 Å². The maximum Gasteiger partial charge on any atom is 0.363 e. The van der Waals surface area contributed by atoms with E-state index in [1.807, 2.05) is 78.5 Å². The van der Waals surface area contributed by atoms with Crippen molar-refractivity contribution in [3.8, 4) is 0 Å². The fourth-order valence-electron chi connectivity index (χ4n) is 8.90. The quantitative estimate of drug-likeness (QED) is 0.126. The Bertz CT molecular complexity index is 2460. The molecule has 0 bridgehead atoms. The van der Waals surface area contributed by atoms with Crippen LogP contribution in [0.2, 0.25) is 0 Å². The Labute approximate surface area is 326 Å². The third-order valence-corrected chi connectivity index (χ3v) is 11.8. The monoisotopic (exact) mass is 751 g/mol. The zero-order valence-corrected chi connectivity index (χ0v) is 32.1. The van der Waals surface area contributed by atoms with E-state index < -0.39 is 45.9 Å². The summed E-state index contributed by atoms with van der Waals surface area (Å²) in [5.41, 5.74) is -0.108. The first-order valence-corrected chi connectivity index (χ1v) is 19.0. The first kappa shape index (κ1) is 38.2. The van der Waals surface area contributed by atoms with Gasteiger partial charge in [-0.1, -0.05) is 97.8 Å². The molecular weight excluding hydrogens is 705 g/mol. The average Bonchev–Trinajstić information content (AvgIpc) is 3.58. The summed E-state index contributed by atoms with van der Waals surface area (Å²) >= 11 is 0. The molecule has 3 amide bonds. The number of aliphatic carboxylic acids is 1. The Morgan fingerprint density at radius 3 is 2.21 bits per heavy atom. The normalized spacial score (nSPS) is 18.4. The second-order valence-electron chi connectivity index (χ2n) is 14.8. The molecule has 5 atom stereocenters. The molecule has 3 N–H and O–H groups in total. The maximum atomic E-state index is 16.2. The number of hydrogen-bond acceptors (Lipinski definition) is 5. The minimum Gasteiger partial charge on any atom is -0.477 e. The molecule has 0 saturated heterocycles. The largest absolute Gasteiger partial charge is 0.477 e. The highest BCUT2D eigenvalue weighted by atomic mass is 16.4. The van der Waals surface area contributed by atoms with Crippen molar-refractivity contribution < 1.29 is 29.4 Å². The average molecular weight is 752 g/mol. The molecule has 0 radical (unpaired) electrons. The highest BCUT2D eigenvalue weighted by molar-refractivity contribution is 6.08. The first-order valence-electron chi connectivity index (χ1n) is 19.0. The number of carbonyl (C=O) groups is 4. The summed E-state index contributed by atoms with van der Waals surface area (Å²) in [5.74, 6) is -3.51. The number of aliphatic hydroxyl groups is 1. The van der Waals surface area contributed by atoms with Crippen molar-refractivity contribution in [2.24, 2.45) is 13.0 Å². The van der Waals surface area contributed by atoms with Crippen molar-refractivity contribution in [1.82, 2.24) is 19.3 Å². The number of carboxylic acid groups (broad SMARTS) is 1. The van der Waals surface area contributed by atoms with Gasteiger partial charge in [-0.05, 0) is 47.4 Å². The molecule has 10 nitrogen and oxygen atoms in total. The molecule has 1 heterocycles. The van der Waals surface area contributed by atoms with Gasteiger partial charge in [-0.3, -0.25) is 9.59 Å². The number of quaternary nitrogens is 1. The van der Waals surface area contributed by atoms with Crippen LogP contribution in [0.4, 0.5) is 11.4 Å². The van der Waals surface area contributed by atoms with Crippen molar-refractivity contribution in [1.29, 1.82) is 0 Å². The Hall–Kier alpha value is -6.10. The smallest absolute Gasteiger partial charge is 0.363 e. The molecule has 2 unspecified atom stereocenters. The molecule has 1 fully saturated rings. The topological polar surface area (TPSA) is 129 Å². The molecule has 1 saturated carbocycles. The summed E-state index contributed by atoms with van der Waals surface area (Å²) in [6, 6.07) is 33.7. The summed E-state index contributed by atoms with van der Waals surface area (Å²) < 4.78 is 1.05. The molecule has 0 spiro atoms. The Morgan fingerprint density at radius 1 is 0.839 bits per heavy atom. The third-order valence-electron chi connectivity index (χ3n) is 11.8. The number of nitrogens with one attached hydrogen (secondary N) is 1. The molecule has 7 rings (SSSR count). The van der Waals surface area contributed by atoms with E-state index >= 15 is 4.79 Å². The van der Waals surface area contributed by atoms with Crippen LogP contribution in [0, 0.1) is 5.92 Å². The van der Waals surface area contributed by atoms with Crippen molar-refractivity contribution >= 4 is 56.7 Å². The van der Waals surface area contributed by atoms with E-state index in [9.17, 15) is 24.6 Å². The van der Waals surface area contributed by atoms with E-state index in [4.69, 9.17) is 0 Å². The fourth-order valence-corrected chi connectivity index (χ4v) is 8.90. The molecule has 10 heteroatoms. The number of nitrogens with zero attached hydrogens (tertiary/aromatic N) is 3. The first-order chi connectivity index (χ1) is 27.0. The highest BCUT2D eigenvalue weighted by Crippen LogP contribution is 2.49. The zero-order valence-electron chi connectivity index (χ0n) is 32.1. The van der Waals surface area contributed by atoms with Crippen molar-refractivity contribution in [3.63, 3.8) is 0 Å². The molecule has 0 aliphatic heterocycles. The minimum absolute atomic E-state index is 0.0627. The second kappa shape index (κ2) is 15.2. The number of rotatable bonds is 10. The van der Waals surface area contributed by atoms with Gasteiger partial charge in [0.25, 0.3) is 11.8 Å². The number of carboxylic acids is 1. The summed E-state index contributed by atoms with van der Waals surface area (Å²) in [6.45, 7) is 1.50. The van der Waals surface area contributed by atoms with E-state index in [1.54, 1.807) is 72.6 Å². The van der Waals surface area contributed by atoms with Crippen LogP contribution < -0.4 is 9.80 Å². The number of benzene rings is 5. The van der Waals surface area contributed by atoms with E-state index in [-0.39, 0.29) is 22.7 Å². The maximum absolute atomic E-state index is 16.2. The molecule has 1 aliphatic rings. The number of aryl methyl sites for hydroxylation is 1. The van der Waals surface area contributed by atoms with Gasteiger partial charge in [0.15, 0.2) is 11.3 Å². The number of hydrogen-bond donors (Lipinski definition) is 3. The SMILES string of the molecule is CNC(=O)C(O)(c1ccccc1)c1ccccc1[N+](C(=O)[C@H]1CCCC[C@H]1N(C)C(=O)c1cn(C)c2ccccc12)(c1ccc2ccccc2c1)[C@@H](C)C(=O)O. The fraction of sp³-hybridized carbons (Fsp3) is 0.261. The number of amides is 3. The van der Waals surface area contributed by atoms with Gasteiger partial charge in [0.05, 0.1) is 17.0 Å². The number of para-hydroxylation sites is 2. The van der Waals surface area contributed by atoms with Gasteiger partial charge < -0.3 is 25.0 Å². The summed E-state index contributed by atoms with van der Waals surface area (Å²) in [4.78, 5) is 60.0. The predicted octanol–water partition coefficient (Wildman–Crippen LogP) is 7.28. The van der Waals surface area contributed by atoms with Gasteiger partial charge >= 0.3 is 11.9 Å². The molecule has 1 aromatic heterocycles. The zero-order chi connectivity index (χ0) is 39.8. The number of fused-ring (bicyclic) bond motifs is 2. The Balaban J connectivity index is 1.49. The number of carbonyl (C=O) groups excluding carboxylic acids is 3. The van der Waals surface area contributed by atoms with E-state index in [0.29, 0.717) is 30.5 Å². The van der Waals surface area contributed by atoms with Crippen LogP contribution in [0.3, 0.4) is 0 Å². The van der Waals surface area contributed by atoms with Crippen LogP contribution in [0.15, 0.2) is 128 Å². The summed E-state index contributed by atoms with van der Waals surface area (Å²) in [7, 11) is 5.03. The van der Waals surface area contributed by atoms with Crippen LogP contribution in [0.25, 0.3) is 21.7 Å². The highest BCUT2D eigenvalue weighted by Gasteiger charge is 2.58. The van der Waals surface area contributed by atoms with Crippen LogP contribution in [0.5, 0.6) is 0 Å². The molecule has 286 valence electrons. The van der Waals surface area contributed by atoms with Gasteiger partial charge in [0, 0.05) is 69.4 Å². The summed E-state index contributed by atoms with van der Waals surface area (Å²) in [6.07, 6.45) is 4.20. The van der Waals surface area contributed by atoms with Crippen LogP contribution in [-0.4, -0.2) is 69.5 Å². The second-order valence-corrected chi connectivity index (χ2v) is 14.8. The van der Waals surface area contributed by atoms with Gasteiger partial charge in [-0.2, -0.15) is 4.48 Å². The number of aromatic nitrogens is 1. The standard InChI is InChI=1S/C46H46N4O6/c1-30(44(53)54)50(34-27-26-31-16-8-9-17-32(31)28-34,41-25-15-12-22-38(41)46(56,45(55)47-2)33-18-6-5-7-19-33)43(52)36-21-11-14-24-40(36)49(4)42(51)37-29-48(3)39-23-13-10-20-35(37)39/h5-10,12-13,15-20,22-23,25-30,36,40,56H,11,14,21,24H2,1-4H3,(H-,47,53,54,55)/p+1/t30-,36-,40+,46?,50?/m0/s1. The Morgan fingerprint density at radius 2 is 1.48 bits per heavy atom. The Kier molecular flexibility index (Phi) is 10.4. The van der Waals surface area contributed by atoms with E-state index in [1.165, 1.54) is 14.0 Å². The lowest BCUT2D eigenvalue weighted by Crippen LogP contribution is -2.64. The van der Waals surface area contributed by atoms with Gasteiger partial charge in [-0.25, -0.2) is 9.59 Å². The predicted molar refractivity (Wildman–Crippen MR) is 218 cm³/mol. The molecule has 1 aliphatic carbocycles. The molecule has 5 aromatic carbocycles. The van der Waals surface area contributed by atoms with Gasteiger partial charge in [-0.15, -0.1) is 0 Å². The molecule has 56 heavy (non-hydrogen) atoms. The van der Waals surface area contributed by atoms with Crippen molar-refractivity contribution in [3.05, 3.63) is 144 Å². The lowest BCUT2D eigenvalue weighted by atomic mass is 9.79. The lowest BCUT2D eigenvalue weighted by molar-refractivity contribution is -0.149. The molecule has 6 aromatic rings. The van der Waals surface area contributed by atoms with Gasteiger partial charge in [0.1, 0.15) is 5.69 Å². The van der Waals surface area contributed by atoms with Gasteiger partial charge in [0.2, 0.25) is 6.04 Å². The number of likely N-dealkylation sites (N-methyl/N-ethyl adjacent to an activating group) is 1. The third kappa shape index (κ3) is 6.15. The minimum atomic E-state index is -2.33.